The third-order valence-corrected chi connectivity index (χ3v) is 5.05. The quantitative estimate of drug-likeness (QED) is 0.211. The number of nitrogens with one attached hydrogen (secondary N) is 2. The van der Waals surface area contributed by atoms with E-state index in [1.54, 1.807) is 7.05 Å². The van der Waals surface area contributed by atoms with E-state index in [0.29, 0.717) is 38.8 Å². The third-order valence-electron chi connectivity index (χ3n) is 5.05. The number of aliphatic imine (C=N–C) groups is 1. The SMILES string of the molecule is CN=C(NCCOCC1CCCO1)NCCC1CCN(CC(F)(F)F)CC1.I. The maximum absolute atomic E-state index is 12.4. The van der Waals surface area contributed by atoms with Crippen molar-refractivity contribution < 1.29 is 22.6 Å². The van der Waals surface area contributed by atoms with Crippen molar-refractivity contribution in [3.8, 4) is 0 Å². The molecule has 2 fully saturated rings. The number of piperidine rings is 1. The molecule has 0 spiro atoms. The zero-order valence-corrected chi connectivity index (χ0v) is 18.9. The monoisotopic (exact) mass is 522 g/mol. The van der Waals surface area contributed by atoms with Crippen molar-refractivity contribution in [3.63, 3.8) is 0 Å². The zero-order valence-electron chi connectivity index (χ0n) is 16.6. The van der Waals surface area contributed by atoms with Crippen LogP contribution < -0.4 is 10.6 Å². The fourth-order valence-electron chi connectivity index (χ4n) is 3.53. The van der Waals surface area contributed by atoms with Gasteiger partial charge in [0, 0.05) is 26.7 Å². The molecule has 0 radical (unpaired) electrons. The number of halogens is 4. The lowest BCUT2D eigenvalue weighted by Gasteiger charge is -2.32. The molecule has 2 aliphatic rings. The molecule has 0 aromatic heterocycles. The normalized spacial score (nSPS) is 22.1. The predicted octanol–water partition coefficient (Wildman–Crippen LogP) is 2.63. The van der Waals surface area contributed by atoms with Gasteiger partial charge in [0.05, 0.1) is 25.9 Å². The van der Waals surface area contributed by atoms with Gasteiger partial charge in [0.1, 0.15) is 0 Å². The zero-order chi connectivity index (χ0) is 19.5. The second kappa shape index (κ2) is 13.8. The molecule has 10 heteroatoms. The van der Waals surface area contributed by atoms with Gasteiger partial charge in [-0.1, -0.05) is 0 Å². The molecule has 1 unspecified atom stereocenters. The summed E-state index contributed by atoms with van der Waals surface area (Å²) in [5.74, 6) is 1.19. The molecule has 0 amide bonds. The maximum atomic E-state index is 12.4. The number of nitrogens with zero attached hydrogens (tertiary/aromatic N) is 2. The van der Waals surface area contributed by atoms with E-state index in [2.05, 4.69) is 15.6 Å². The van der Waals surface area contributed by atoms with Crippen molar-refractivity contribution in [2.75, 3.05) is 59.6 Å². The highest BCUT2D eigenvalue weighted by atomic mass is 127. The number of likely N-dealkylation sites (tertiary alicyclic amines) is 1. The Labute approximate surface area is 183 Å². The molecule has 166 valence electrons. The molecule has 2 saturated heterocycles. The summed E-state index contributed by atoms with van der Waals surface area (Å²) < 4.78 is 48.3. The molecule has 2 rings (SSSR count). The summed E-state index contributed by atoms with van der Waals surface area (Å²) in [7, 11) is 1.72. The van der Waals surface area contributed by atoms with E-state index in [0.717, 1.165) is 51.2 Å². The van der Waals surface area contributed by atoms with E-state index in [1.165, 1.54) is 4.90 Å². The minimum absolute atomic E-state index is 0. The summed E-state index contributed by atoms with van der Waals surface area (Å²) in [6.07, 6.45) is 0.916. The summed E-state index contributed by atoms with van der Waals surface area (Å²) in [6, 6.07) is 0. The number of hydrogen-bond acceptors (Lipinski definition) is 4. The van der Waals surface area contributed by atoms with Gasteiger partial charge in [0.15, 0.2) is 5.96 Å². The molecule has 0 aliphatic carbocycles. The van der Waals surface area contributed by atoms with Crippen molar-refractivity contribution in [1.82, 2.24) is 15.5 Å². The predicted molar refractivity (Wildman–Crippen MR) is 114 cm³/mol. The molecule has 6 nitrogen and oxygen atoms in total. The fraction of sp³-hybridized carbons (Fsp3) is 0.944. The van der Waals surface area contributed by atoms with E-state index in [-0.39, 0.29) is 30.1 Å². The summed E-state index contributed by atoms with van der Waals surface area (Å²) in [5.41, 5.74) is 0. The van der Waals surface area contributed by atoms with E-state index in [4.69, 9.17) is 9.47 Å². The average molecular weight is 522 g/mol. The van der Waals surface area contributed by atoms with Gasteiger partial charge in [0.25, 0.3) is 0 Å². The van der Waals surface area contributed by atoms with Gasteiger partial charge >= 0.3 is 6.18 Å². The second-order valence-corrected chi connectivity index (χ2v) is 7.26. The third kappa shape index (κ3) is 11.0. The summed E-state index contributed by atoms with van der Waals surface area (Å²) in [5, 5.41) is 6.47. The Kier molecular flexibility index (Phi) is 12.7. The molecule has 2 heterocycles. The van der Waals surface area contributed by atoms with Gasteiger partial charge in [0.2, 0.25) is 0 Å². The van der Waals surface area contributed by atoms with Crippen LogP contribution in [0.1, 0.15) is 32.1 Å². The van der Waals surface area contributed by atoms with Crippen molar-refractivity contribution in [2.24, 2.45) is 10.9 Å². The smallest absolute Gasteiger partial charge is 0.377 e. The van der Waals surface area contributed by atoms with Crippen molar-refractivity contribution >= 4 is 29.9 Å². The average Bonchev–Trinajstić information content (AvgIpc) is 3.13. The summed E-state index contributed by atoms with van der Waals surface area (Å²) in [4.78, 5) is 5.68. The molecule has 2 N–H and O–H groups in total. The van der Waals surface area contributed by atoms with Crippen molar-refractivity contribution in [3.05, 3.63) is 0 Å². The first-order valence-electron chi connectivity index (χ1n) is 9.89. The van der Waals surface area contributed by atoms with Gasteiger partial charge in [-0.15, -0.1) is 24.0 Å². The topological polar surface area (TPSA) is 58.1 Å². The molecule has 2 aliphatic heterocycles. The van der Waals surface area contributed by atoms with Crippen LogP contribution in [0.4, 0.5) is 13.2 Å². The molecule has 0 saturated carbocycles. The van der Waals surface area contributed by atoms with E-state index < -0.39 is 12.7 Å². The van der Waals surface area contributed by atoms with Crippen LogP contribution in [-0.4, -0.2) is 82.7 Å². The van der Waals surface area contributed by atoms with Gasteiger partial charge < -0.3 is 20.1 Å². The largest absolute Gasteiger partial charge is 0.401 e. The van der Waals surface area contributed by atoms with Gasteiger partial charge in [-0.05, 0) is 51.1 Å². The van der Waals surface area contributed by atoms with Crippen LogP contribution in [0.5, 0.6) is 0 Å². The Hall–Kier alpha value is -0.330. The molecule has 28 heavy (non-hydrogen) atoms. The molecular formula is C18H34F3IN4O2. The lowest BCUT2D eigenvalue weighted by molar-refractivity contribution is -0.148. The number of alkyl halides is 3. The highest BCUT2D eigenvalue weighted by Gasteiger charge is 2.32. The number of ether oxygens (including phenoxy) is 2. The van der Waals surface area contributed by atoms with Crippen LogP contribution in [0.3, 0.4) is 0 Å². The van der Waals surface area contributed by atoms with Crippen LogP contribution in [0.2, 0.25) is 0 Å². The van der Waals surface area contributed by atoms with Gasteiger partial charge in [-0.2, -0.15) is 13.2 Å². The van der Waals surface area contributed by atoms with Crippen LogP contribution in [0, 0.1) is 5.92 Å². The first-order chi connectivity index (χ1) is 13.0. The van der Waals surface area contributed by atoms with Crippen LogP contribution in [0.25, 0.3) is 0 Å². The van der Waals surface area contributed by atoms with Crippen LogP contribution in [0.15, 0.2) is 4.99 Å². The van der Waals surface area contributed by atoms with Crippen molar-refractivity contribution in [1.29, 1.82) is 0 Å². The van der Waals surface area contributed by atoms with E-state index in [9.17, 15) is 13.2 Å². The van der Waals surface area contributed by atoms with Gasteiger partial charge in [-0.25, -0.2) is 0 Å². The first-order valence-corrected chi connectivity index (χ1v) is 9.89. The lowest BCUT2D eigenvalue weighted by atomic mass is 9.93. The first kappa shape index (κ1) is 25.7. The molecule has 0 aromatic rings. The minimum Gasteiger partial charge on any atom is -0.377 e. The minimum atomic E-state index is -4.10. The molecule has 0 bridgehead atoms. The highest BCUT2D eigenvalue weighted by molar-refractivity contribution is 14.0. The Morgan fingerprint density at radius 1 is 1.18 bits per heavy atom. The molecule has 1 atom stereocenters. The van der Waals surface area contributed by atoms with E-state index in [1.807, 2.05) is 0 Å². The highest BCUT2D eigenvalue weighted by Crippen LogP contribution is 2.23. The summed E-state index contributed by atoms with van der Waals surface area (Å²) in [6.45, 7) is 3.77. The lowest BCUT2D eigenvalue weighted by Crippen LogP contribution is -2.42. The standard InChI is InChI=1S/C18H33F3N4O2.HI/c1-22-17(24-8-12-26-13-16-3-2-11-27-16)23-7-4-15-5-9-25(10-6-15)14-18(19,20)21;/h15-16H,2-14H2,1H3,(H2,22,23,24);1H. The maximum Gasteiger partial charge on any atom is 0.401 e. The Morgan fingerprint density at radius 2 is 1.89 bits per heavy atom. The fourth-order valence-corrected chi connectivity index (χ4v) is 3.53. The Bertz CT molecular complexity index is 441. The number of rotatable bonds is 9. The van der Waals surface area contributed by atoms with Crippen LogP contribution in [-0.2, 0) is 9.47 Å². The Morgan fingerprint density at radius 3 is 2.50 bits per heavy atom. The number of hydrogen-bond donors (Lipinski definition) is 2. The molecular weight excluding hydrogens is 488 g/mol. The second-order valence-electron chi connectivity index (χ2n) is 7.26. The van der Waals surface area contributed by atoms with Crippen LogP contribution >= 0.6 is 24.0 Å². The number of guanidine groups is 1. The van der Waals surface area contributed by atoms with Gasteiger partial charge in [-0.3, -0.25) is 9.89 Å². The van der Waals surface area contributed by atoms with Crippen molar-refractivity contribution in [2.45, 2.75) is 44.4 Å². The summed E-state index contributed by atoms with van der Waals surface area (Å²) >= 11 is 0. The Balaban J connectivity index is 0.00000392. The molecule has 0 aromatic carbocycles. The van der Waals surface area contributed by atoms with E-state index >= 15 is 0 Å².